The normalized spacial score (nSPS) is 27.8. The van der Waals surface area contributed by atoms with Gasteiger partial charge in [-0.3, -0.25) is 4.52 Å². The minimum absolute atomic E-state index is 0.0808. The number of phosphoric acid groups is 1. The molecular formula is C12H18NO4P. The third-order valence-electron chi connectivity index (χ3n) is 3.28. The van der Waals surface area contributed by atoms with Gasteiger partial charge in [0.2, 0.25) is 0 Å². The second-order valence-corrected chi connectivity index (χ2v) is 6.33. The molecule has 0 unspecified atom stereocenters. The minimum Gasteiger partial charge on any atom is -0.323 e. The highest BCUT2D eigenvalue weighted by molar-refractivity contribution is 7.46. The van der Waals surface area contributed by atoms with Gasteiger partial charge in [-0.15, -0.1) is 0 Å². The van der Waals surface area contributed by atoms with E-state index in [4.69, 9.17) is 15.5 Å². The summed E-state index contributed by atoms with van der Waals surface area (Å²) in [6.45, 7) is -0.0808. The maximum Gasteiger partial charge on any atom is 0.469 e. The van der Waals surface area contributed by atoms with Crippen molar-refractivity contribution in [3.8, 4) is 0 Å². The van der Waals surface area contributed by atoms with Gasteiger partial charge >= 0.3 is 7.82 Å². The standard InChI is InChI=1S/C12H18NO4P/c13-12(9-17-18(14,15)16)7-11(8-12)6-10-4-2-1-3-5-10/h1-5,11H,6-9,13H2,(H2,14,15,16). The fourth-order valence-corrected chi connectivity index (χ4v) is 2.94. The van der Waals surface area contributed by atoms with Gasteiger partial charge in [0.1, 0.15) is 0 Å². The van der Waals surface area contributed by atoms with Gasteiger partial charge in [0.25, 0.3) is 0 Å². The van der Waals surface area contributed by atoms with E-state index in [1.807, 2.05) is 18.2 Å². The Morgan fingerprint density at radius 2 is 1.94 bits per heavy atom. The van der Waals surface area contributed by atoms with Crippen LogP contribution in [0, 0.1) is 5.92 Å². The predicted octanol–water partition coefficient (Wildman–Crippen LogP) is 1.45. The Morgan fingerprint density at radius 1 is 1.33 bits per heavy atom. The topological polar surface area (TPSA) is 92.8 Å². The van der Waals surface area contributed by atoms with Crippen LogP contribution in [0.4, 0.5) is 0 Å². The summed E-state index contributed by atoms with van der Waals surface area (Å²) < 4.78 is 15.1. The van der Waals surface area contributed by atoms with E-state index < -0.39 is 13.4 Å². The van der Waals surface area contributed by atoms with Crippen molar-refractivity contribution in [1.82, 2.24) is 0 Å². The van der Waals surface area contributed by atoms with Gasteiger partial charge in [-0.05, 0) is 30.7 Å². The van der Waals surface area contributed by atoms with Crippen LogP contribution in [0.25, 0.3) is 0 Å². The van der Waals surface area contributed by atoms with Crippen molar-refractivity contribution in [2.75, 3.05) is 6.61 Å². The van der Waals surface area contributed by atoms with Crippen LogP contribution in [0.5, 0.6) is 0 Å². The number of nitrogens with two attached hydrogens (primary N) is 1. The first-order valence-corrected chi connectivity index (χ1v) is 7.42. The van der Waals surface area contributed by atoms with E-state index in [9.17, 15) is 4.57 Å². The molecule has 1 aromatic carbocycles. The Morgan fingerprint density at radius 3 is 2.50 bits per heavy atom. The van der Waals surface area contributed by atoms with E-state index in [2.05, 4.69) is 16.7 Å². The van der Waals surface area contributed by atoms with Crippen molar-refractivity contribution in [3.05, 3.63) is 35.9 Å². The summed E-state index contributed by atoms with van der Waals surface area (Å²) in [6.07, 6.45) is 2.43. The Labute approximate surface area is 106 Å². The van der Waals surface area contributed by atoms with Gasteiger partial charge in [-0.2, -0.15) is 0 Å². The lowest BCUT2D eigenvalue weighted by molar-refractivity contribution is 0.0661. The molecule has 100 valence electrons. The van der Waals surface area contributed by atoms with Crippen LogP contribution >= 0.6 is 7.82 Å². The molecule has 0 aromatic heterocycles. The summed E-state index contributed by atoms with van der Waals surface area (Å²) >= 11 is 0. The van der Waals surface area contributed by atoms with Crippen LogP contribution in [-0.4, -0.2) is 21.9 Å². The van der Waals surface area contributed by atoms with Crippen LogP contribution in [0.2, 0.25) is 0 Å². The zero-order valence-corrected chi connectivity index (χ0v) is 10.9. The second-order valence-electron chi connectivity index (χ2n) is 5.09. The SMILES string of the molecule is NC1(COP(=O)(O)O)CC(Cc2ccccc2)C1. The molecule has 1 aliphatic rings. The molecule has 0 aliphatic heterocycles. The fourth-order valence-electron chi connectivity index (χ4n) is 2.51. The lowest BCUT2D eigenvalue weighted by Gasteiger charge is -2.44. The highest BCUT2D eigenvalue weighted by Gasteiger charge is 2.42. The molecule has 18 heavy (non-hydrogen) atoms. The van der Waals surface area contributed by atoms with Gasteiger partial charge < -0.3 is 15.5 Å². The molecule has 0 radical (unpaired) electrons. The number of rotatable bonds is 5. The van der Waals surface area contributed by atoms with Gasteiger partial charge in [0.05, 0.1) is 6.61 Å². The zero-order valence-electron chi connectivity index (χ0n) is 10.0. The highest BCUT2D eigenvalue weighted by atomic mass is 31.2. The van der Waals surface area contributed by atoms with E-state index in [1.54, 1.807) is 0 Å². The predicted molar refractivity (Wildman–Crippen MR) is 67.8 cm³/mol. The molecule has 1 fully saturated rings. The van der Waals surface area contributed by atoms with E-state index in [0.29, 0.717) is 5.92 Å². The molecular weight excluding hydrogens is 253 g/mol. The first-order valence-electron chi connectivity index (χ1n) is 5.89. The van der Waals surface area contributed by atoms with E-state index in [1.165, 1.54) is 5.56 Å². The Kier molecular flexibility index (Phi) is 3.90. The maximum atomic E-state index is 10.6. The minimum atomic E-state index is -4.41. The van der Waals surface area contributed by atoms with Crippen molar-refractivity contribution in [3.63, 3.8) is 0 Å². The first-order chi connectivity index (χ1) is 8.36. The second kappa shape index (κ2) is 5.11. The summed E-state index contributed by atoms with van der Waals surface area (Å²) in [5.41, 5.74) is 6.67. The molecule has 1 saturated carbocycles. The summed E-state index contributed by atoms with van der Waals surface area (Å²) in [7, 11) is -4.41. The third-order valence-corrected chi connectivity index (χ3v) is 3.74. The summed E-state index contributed by atoms with van der Waals surface area (Å²) in [4.78, 5) is 17.3. The monoisotopic (exact) mass is 271 g/mol. The smallest absolute Gasteiger partial charge is 0.323 e. The van der Waals surface area contributed by atoms with Gasteiger partial charge in [-0.25, -0.2) is 4.57 Å². The van der Waals surface area contributed by atoms with Crippen molar-refractivity contribution < 1.29 is 18.9 Å². The molecule has 0 bridgehead atoms. The molecule has 0 spiro atoms. The Hall–Kier alpha value is -0.710. The summed E-state index contributed by atoms with van der Waals surface area (Å²) in [6, 6.07) is 10.1. The molecule has 4 N–H and O–H groups in total. The molecule has 5 nitrogen and oxygen atoms in total. The van der Waals surface area contributed by atoms with Crippen LogP contribution in [0.1, 0.15) is 18.4 Å². The number of phosphoric ester groups is 1. The molecule has 0 amide bonds. The zero-order chi connectivity index (χ0) is 13.2. The maximum absolute atomic E-state index is 10.6. The van der Waals surface area contributed by atoms with E-state index in [-0.39, 0.29) is 6.61 Å². The first kappa shape index (κ1) is 13.7. The molecule has 1 aromatic rings. The van der Waals surface area contributed by atoms with Crippen molar-refractivity contribution in [2.45, 2.75) is 24.8 Å². The van der Waals surface area contributed by atoms with Gasteiger partial charge in [-0.1, -0.05) is 30.3 Å². The quantitative estimate of drug-likeness (QED) is 0.705. The van der Waals surface area contributed by atoms with E-state index >= 15 is 0 Å². The lowest BCUT2D eigenvalue weighted by atomic mass is 9.67. The number of hydrogen-bond acceptors (Lipinski definition) is 3. The number of hydrogen-bond donors (Lipinski definition) is 3. The van der Waals surface area contributed by atoms with Crippen LogP contribution in [0.15, 0.2) is 30.3 Å². The van der Waals surface area contributed by atoms with Gasteiger partial charge in [0, 0.05) is 5.54 Å². The fraction of sp³-hybridized carbons (Fsp3) is 0.500. The third kappa shape index (κ3) is 3.90. The molecule has 0 atom stereocenters. The highest BCUT2D eigenvalue weighted by Crippen LogP contribution is 2.43. The summed E-state index contributed by atoms with van der Waals surface area (Å²) in [5, 5.41) is 0. The van der Waals surface area contributed by atoms with Crippen molar-refractivity contribution >= 4 is 7.82 Å². The van der Waals surface area contributed by atoms with E-state index in [0.717, 1.165) is 19.3 Å². The average Bonchev–Trinajstić information content (AvgIpc) is 2.25. The van der Waals surface area contributed by atoms with Crippen LogP contribution in [-0.2, 0) is 15.5 Å². The molecule has 0 saturated heterocycles. The molecule has 2 rings (SSSR count). The largest absolute Gasteiger partial charge is 0.469 e. The average molecular weight is 271 g/mol. The molecule has 6 heteroatoms. The van der Waals surface area contributed by atoms with Crippen molar-refractivity contribution in [1.29, 1.82) is 0 Å². The summed E-state index contributed by atoms with van der Waals surface area (Å²) in [5.74, 6) is 0.470. The van der Waals surface area contributed by atoms with Gasteiger partial charge in [0.15, 0.2) is 0 Å². The Balaban J connectivity index is 1.77. The van der Waals surface area contributed by atoms with Crippen molar-refractivity contribution in [2.24, 2.45) is 11.7 Å². The molecule has 0 heterocycles. The molecule has 1 aliphatic carbocycles. The number of benzene rings is 1. The Bertz CT molecular complexity index is 439. The van der Waals surface area contributed by atoms with Crippen LogP contribution in [0.3, 0.4) is 0 Å². The lowest BCUT2D eigenvalue weighted by Crippen LogP contribution is -2.55. The van der Waals surface area contributed by atoms with Crippen LogP contribution < -0.4 is 5.73 Å².